The molecule has 0 radical (unpaired) electrons. The molecule has 2 aromatic carbocycles. The number of amidine groups is 1. The van der Waals surface area contributed by atoms with Gasteiger partial charge in [0.15, 0.2) is 0 Å². The fourth-order valence-electron chi connectivity index (χ4n) is 1.43. The SMILES string of the molecule is N=C(N)c1cc(Br)ccc1Sc1ccc(Cl)cc1. The molecule has 0 aliphatic rings. The molecular formula is C13H10BrClN2S. The molecule has 2 rings (SSSR count). The lowest BCUT2D eigenvalue weighted by Gasteiger charge is -2.08. The van der Waals surface area contributed by atoms with Crippen LogP contribution >= 0.6 is 39.3 Å². The Morgan fingerprint density at radius 3 is 2.44 bits per heavy atom. The van der Waals surface area contributed by atoms with Gasteiger partial charge in [0.25, 0.3) is 0 Å². The Bertz CT molecular complexity index is 584. The van der Waals surface area contributed by atoms with Crippen molar-refractivity contribution in [2.75, 3.05) is 0 Å². The molecule has 0 spiro atoms. The van der Waals surface area contributed by atoms with E-state index in [1.165, 1.54) is 0 Å². The molecule has 0 aromatic heterocycles. The normalized spacial score (nSPS) is 10.3. The van der Waals surface area contributed by atoms with Gasteiger partial charge in [0.1, 0.15) is 5.84 Å². The van der Waals surface area contributed by atoms with Crippen LogP contribution in [0.5, 0.6) is 0 Å². The quantitative estimate of drug-likeness (QED) is 0.636. The van der Waals surface area contributed by atoms with E-state index in [4.69, 9.17) is 22.7 Å². The average Bonchev–Trinajstić information content (AvgIpc) is 2.34. The summed E-state index contributed by atoms with van der Waals surface area (Å²) in [5.41, 5.74) is 6.32. The third-order valence-corrected chi connectivity index (χ3v) is 4.10. The highest BCUT2D eigenvalue weighted by Gasteiger charge is 2.07. The number of nitrogens with two attached hydrogens (primary N) is 1. The molecule has 0 bridgehead atoms. The first-order chi connectivity index (χ1) is 8.56. The van der Waals surface area contributed by atoms with Gasteiger partial charge >= 0.3 is 0 Å². The van der Waals surface area contributed by atoms with Crippen LogP contribution in [0.25, 0.3) is 0 Å². The average molecular weight is 342 g/mol. The van der Waals surface area contributed by atoms with Crippen LogP contribution < -0.4 is 5.73 Å². The molecule has 0 aliphatic heterocycles. The van der Waals surface area contributed by atoms with Gasteiger partial charge in [-0.3, -0.25) is 5.41 Å². The first-order valence-corrected chi connectivity index (χ1v) is 7.12. The molecule has 3 N–H and O–H groups in total. The molecule has 0 amide bonds. The molecule has 0 fully saturated rings. The van der Waals surface area contributed by atoms with E-state index in [0.717, 1.165) is 19.8 Å². The monoisotopic (exact) mass is 340 g/mol. The minimum absolute atomic E-state index is 0.0627. The first-order valence-electron chi connectivity index (χ1n) is 5.13. The summed E-state index contributed by atoms with van der Waals surface area (Å²) in [5.74, 6) is 0.0627. The van der Waals surface area contributed by atoms with Crippen molar-refractivity contribution in [2.24, 2.45) is 5.73 Å². The van der Waals surface area contributed by atoms with Crippen LogP contribution in [-0.2, 0) is 0 Å². The maximum atomic E-state index is 7.60. The third kappa shape index (κ3) is 3.28. The maximum absolute atomic E-state index is 7.60. The van der Waals surface area contributed by atoms with Crippen molar-refractivity contribution in [2.45, 2.75) is 9.79 Å². The highest BCUT2D eigenvalue weighted by Crippen LogP contribution is 2.32. The van der Waals surface area contributed by atoms with Crippen LogP contribution in [0, 0.1) is 5.41 Å². The molecule has 0 saturated heterocycles. The van der Waals surface area contributed by atoms with Gasteiger partial charge in [-0.15, -0.1) is 0 Å². The zero-order valence-corrected chi connectivity index (χ0v) is 12.4. The van der Waals surface area contributed by atoms with E-state index in [-0.39, 0.29) is 5.84 Å². The molecule has 2 nitrogen and oxygen atoms in total. The second-order valence-corrected chi connectivity index (χ2v) is 6.08. The highest BCUT2D eigenvalue weighted by molar-refractivity contribution is 9.10. The lowest BCUT2D eigenvalue weighted by atomic mass is 10.2. The van der Waals surface area contributed by atoms with Crippen LogP contribution in [-0.4, -0.2) is 5.84 Å². The number of benzene rings is 2. The van der Waals surface area contributed by atoms with Crippen LogP contribution in [0.4, 0.5) is 0 Å². The number of halogens is 2. The Morgan fingerprint density at radius 1 is 1.17 bits per heavy atom. The highest BCUT2D eigenvalue weighted by atomic mass is 79.9. The van der Waals surface area contributed by atoms with Gasteiger partial charge in [0, 0.05) is 24.8 Å². The molecule has 0 atom stereocenters. The topological polar surface area (TPSA) is 49.9 Å². The first kappa shape index (κ1) is 13.5. The summed E-state index contributed by atoms with van der Waals surface area (Å²) >= 11 is 10.8. The van der Waals surface area contributed by atoms with Crippen LogP contribution in [0.1, 0.15) is 5.56 Å². The molecule has 2 aromatic rings. The fraction of sp³-hybridized carbons (Fsp3) is 0. The standard InChI is InChI=1S/C13H10BrClN2S/c14-8-1-6-12(11(7-8)13(16)17)18-10-4-2-9(15)3-5-10/h1-7H,(H3,16,17). The summed E-state index contributed by atoms with van der Waals surface area (Å²) in [5, 5.41) is 8.31. The van der Waals surface area contributed by atoms with E-state index in [0.29, 0.717) is 5.02 Å². The maximum Gasteiger partial charge on any atom is 0.123 e. The van der Waals surface area contributed by atoms with Crippen LogP contribution in [0.3, 0.4) is 0 Å². The van der Waals surface area contributed by atoms with E-state index in [1.54, 1.807) is 11.8 Å². The summed E-state index contributed by atoms with van der Waals surface area (Å²) in [6.07, 6.45) is 0. The van der Waals surface area contributed by atoms with E-state index >= 15 is 0 Å². The molecule has 0 heterocycles. The lowest BCUT2D eigenvalue weighted by Crippen LogP contribution is -2.12. The summed E-state index contributed by atoms with van der Waals surface area (Å²) in [6.45, 7) is 0. The Labute approximate surface area is 123 Å². The number of nitrogen functional groups attached to an aromatic ring is 1. The number of hydrogen-bond acceptors (Lipinski definition) is 2. The number of nitrogens with one attached hydrogen (secondary N) is 1. The van der Waals surface area contributed by atoms with Gasteiger partial charge in [-0.25, -0.2) is 0 Å². The Balaban J connectivity index is 2.34. The van der Waals surface area contributed by atoms with E-state index < -0.39 is 0 Å². The van der Waals surface area contributed by atoms with Gasteiger partial charge in [-0.05, 0) is 42.5 Å². The fourth-order valence-corrected chi connectivity index (χ4v) is 2.86. The van der Waals surface area contributed by atoms with Crippen molar-refractivity contribution in [1.29, 1.82) is 5.41 Å². The van der Waals surface area contributed by atoms with Crippen molar-refractivity contribution >= 4 is 45.1 Å². The predicted octanol–water partition coefficient (Wildman–Crippen LogP) is 4.54. The zero-order chi connectivity index (χ0) is 13.1. The van der Waals surface area contributed by atoms with Crippen molar-refractivity contribution in [1.82, 2.24) is 0 Å². The third-order valence-electron chi connectivity index (χ3n) is 2.27. The van der Waals surface area contributed by atoms with Crippen molar-refractivity contribution in [3.63, 3.8) is 0 Å². The van der Waals surface area contributed by atoms with Crippen molar-refractivity contribution in [3.05, 3.63) is 57.5 Å². The zero-order valence-electron chi connectivity index (χ0n) is 9.28. The van der Waals surface area contributed by atoms with Gasteiger partial charge in [0.2, 0.25) is 0 Å². The van der Waals surface area contributed by atoms with Crippen LogP contribution in [0.2, 0.25) is 5.02 Å². The summed E-state index contributed by atoms with van der Waals surface area (Å²) in [4.78, 5) is 2.01. The van der Waals surface area contributed by atoms with Gasteiger partial charge < -0.3 is 5.73 Å². The van der Waals surface area contributed by atoms with Gasteiger partial charge in [-0.2, -0.15) is 0 Å². The lowest BCUT2D eigenvalue weighted by molar-refractivity contribution is 1.32. The summed E-state index contributed by atoms with van der Waals surface area (Å²) < 4.78 is 0.910. The Morgan fingerprint density at radius 2 is 1.83 bits per heavy atom. The molecule has 5 heteroatoms. The number of rotatable bonds is 3. The van der Waals surface area contributed by atoms with E-state index in [1.807, 2.05) is 42.5 Å². The van der Waals surface area contributed by atoms with Crippen LogP contribution in [0.15, 0.2) is 56.7 Å². The number of hydrogen-bond donors (Lipinski definition) is 2. The summed E-state index contributed by atoms with van der Waals surface area (Å²) in [6, 6.07) is 13.3. The molecule has 0 unspecified atom stereocenters. The van der Waals surface area contributed by atoms with Crippen molar-refractivity contribution in [3.8, 4) is 0 Å². The molecule has 0 saturated carbocycles. The minimum atomic E-state index is 0.0627. The van der Waals surface area contributed by atoms with E-state index in [2.05, 4.69) is 15.9 Å². The summed E-state index contributed by atoms with van der Waals surface area (Å²) in [7, 11) is 0. The smallest absolute Gasteiger partial charge is 0.123 e. The predicted molar refractivity (Wildman–Crippen MR) is 80.7 cm³/mol. The Kier molecular flexibility index (Phi) is 4.32. The molecule has 92 valence electrons. The molecular weight excluding hydrogens is 332 g/mol. The van der Waals surface area contributed by atoms with Crippen molar-refractivity contribution < 1.29 is 0 Å². The molecule has 0 aliphatic carbocycles. The van der Waals surface area contributed by atoms with Gasteiger partial charge in [0.05, 0.1) is 0 Å². The largest absolute Gasteiger partial charge is 0.384 e. The molecule has 18 heavy (non-hydrogen) atoms. The Hall–Kier alpha value is -0.970. The van der Waals surface area contributed by atoms with Gasteiger partial charge in [-0.1, -0.05) is 39.3 Å². The second-order valence-electron chi connectivity index (χ2n) is 3.61. The minimum Gasteiger partial charge on any atom is -0.384 e. The second kappa shape index (κ2) is 5.78. The van der Waals surface area contributed by atoms with E-state index in [9.17, 15) is 0 Å².